The molecule has 0 unspecified atom stereocenters. The lowest BCUT2D eigenvalue weighted by Crippen LogP contribution is -2.15. The van der Waals surface area contributed by atoms with Gasteiger partial charge in [-0.1, -0.05) is 136 Å². The largest absolute Gasteiger partial charge is 0.398 e. The number of sulfone groups is 2. The monoisotopic (exact) mass is 1430 g/mol. The van der Waals surface area contributed by atoms with Crippen LogP contribution in [-0.4, -0.2) is 82.3 Å². The zero-order chi connectivity index (χ0) is 67.3. The van der Waals surface area contributed by atoms with Gasteiger partial charge in [0.15, 0.2) is 25.4 Å². The van der Waals surface area contributed by atoms with Crippen molar-refractivity contribution in [3.63, 3.8) is 0 Å². The Bertz CT molecular complexity index is 4720. The van der Waals surface area contributed by atoms with Crippen molar-refractivity contribution in [2.24, 2.45) is 0 Å². The molecule has 0 bridgehead atoms. The predicted molar refractivity (Wildman–Crippen MR) is 394 cm³/mol. The van der Waals surface area contributed by atoms with E-state index in [9.17, 15) is 30.5 Å². The predicted octanol–water partition coefficient (Wildman–Crippen LogP) is 17.2. The molecular formula is C70H74BrCl2N7O7P3S2+. The van der Waals surface area contributed by atoms with Crippen LogP contribution >= 0.6 is 60.6 Å². The van der Waals surface area contributed by atoms with Crippen LogP contribution in [0.3, 0.4) is 0 Å². The summed E-state index contributed by atoms with van der Waals surface area (Å²) in [6.07, 6.45) is 8.94. The van der Waals surface area contributed by atoms with Gasteiger partial charge in [-0.3, -0.25) is 4.98 Å². The molecule has 6 N–H and O–H groups in total. The second-order valence-electron chi connectivity index (χ2n) is 23.0. The second-order valence-corrected chi connectivity index (χ2v) is 39.4. The number of halogens is 3. The Morgan fingerprint density at radius 2 is 1.02 bits per heavy atom. The summed E-state index contributed by atoms with van der Waals surface area (Å²) in [6, 6.07) is 57.5. The van der Waals surface area contributed by atoms with E-state index < -0.39 is 51.6 Å². The van der Waals surface area contributed by atoms with Gasteiger partial charge < -0.3 is 35.8 Å². The van der Waals surface area contributed by atoms with Crippen LogP contribution in [0, 0.1) is 6.08 Å². The molecule has 10 aromatic rings. The minimum atomic E-state index is -3.46. The van der Waals surface area contributed by atoms with Crippen LogP contribution < -0.4 is 38.0 Å². The van der Waals surface area contributed by atoms with E-state index in [2.05, 4.69) is 42.6 Å². The van der Waals surface area contributed by atoms with E-state index in [1.165, 1.54) is 6.07 Å². The lowest BCUT2D eigenvalue weighted by molar-refractivity contribution is 0.586. The summed E-state index contributed by atoms with van der Waals surface area (Å²) in [5.74, 6) is 1.13. The number of rotatable bonds is 13. The van der Waals surface area contributed by atoms with Crippen molar-refractivity contribution in [1.29, 1.82) is 0 Å². The normalized spacial score (nSPS) is 12.0. The number of anilines is 6. The molecule has 0 fully saturated rings. The van der Waals surface area contributed by atoms with Crippen LogP contribution in [0.25, 0.3) is 34.0 Å². The van der Waals surface area contributed by atoms with Gasteiger partial charge in [-0.05, 0) is 152 Å². The number of pyridine rings is 3. The van der Waals surface area contributed by atoms with Crippen LogP contribution in [-0.2, 0) is 39.8 Å². The maximum absolute atomic E-state index is 12.9. The number of fused-ring (bicyclic) bond motifs is 3. The molecular weight excluding hydrogens is 1360 g/mol. The van der Waals surface area contributed by atoms with Crippen LogP contribution in [0.5, 0.6) is 0 Å². The number of benzene rings is 7. The third kappa shape index (κ3) is 19.7. The third-order valence-corrected chi connectivity index (χ3v) is 24.4. The van der Waals surface area contributed by atoms with E-state index in [0.29, 0.717) is 39.5 Å². The van der Waals surface area contributed by atoms with Crippen molar-refractivity contribution in [1.82, 2.24) is 15.0 Å². The van der Waals surface area contributed by atoms with Crippen molar-refractivity contribution in [2.45, 2.75) is 54.4 Å². The van der Waals surface area contributed by atoms with Gasteiger partial charge in [0.1, 0.15) is 55.8 Å². The summed E-state index contributed by atoms with van der Waals surface area (Å²) in [6.45, 7) is 17.3. The molecule has 7 aromatic carbocycles. The Hall–Kier alpha value is -7.25. The molecule has 22 heteroatoms. The number of aromatic nitrogens is 3. The van der Waals surface area contributed by atoms with Gasteiger partial charge in [0.05, 0.1) is 53.8 Å². The Labute approximate surface area is 559 Å². The SMILES string of the molecule is CC(C)S(=O)(=O)c1ccccc1N.CC(C)S(=O)(=O)c1ccccc1Nc1cc(Cc2ccc(P(C)(C)=O)cc2)nc2ccccc12.CP(C)(=O)c1ccc(Br)cc1.CP(C)(=O)c1ccc(Nc2cc(Cl)c3ccccc3n2)cc1.Nc1cc(Cl)c2c(n1)C=C[C+]=C2. The summed E-state index contributed by atoms with van der Waals surface area (Å²) >= 11 is 15.5. The first-order valence-electron chi connectivity index (χ1n) is 28.9. The molecule has 1 aliphatic rings. The summed E-state index contributed by atoms with van der Waals surface area (Å²) in [7, 11) is -13.3. The number of para-hydroxylation sites is 4. The van der Waals surface area contributed by atoms with Crippen LogP contribution in [0.15, 0.2) is 208 Å². The number of nitrogen functional groups attached to an aromatic ring is 2. The lowest BCUT2D eigenvalue weighted by Gasteiger charge is -2.17. The molecule has 0 saturated carbocycles. The average molecular weight is 1430 g/mol. The molecule has 0 atom stereocenters. The smallest absolute Gasteiger partial charge is 0.185 e. The fraction of sp³-hybridized carbons (Fsp3) is 0.186. The Balaban J connectivity index is 0.000000177. The topological polar surface area (TPSA) is 234 Å². The van der Waals surface area contributed by atoms with Gasteiger partial charge in [-0.2, -0.15) is 0 Å². The maximum atomic E-state index is 12.9. The molecule has 0 radical (unpaired) electrons. The van der Waals surface area contributed by atoms with Gasteiger partial charge in [-0.15, -0.1) is 0 Å². The van der Waals surface area contributed by atoms with Gasteiger partial charge in [0.25, 0.3) is 0 Å². The average Bonchev–Trinajstić information content (AvgIpc) is 0.808. The van der Waals surface area contributed by atoms with Gasteiger partial charge >= 0.3 is 0 Å². The van der Waals surface area contributed by atoms with Crippen molar-refractivity contribution in [2.75, 3.05) is 62.1 Å². The molecule has 0 aliphatic heterocycles. The zero-order valence-corrected chi connectivity index (χ0v) is 60.1. The van der Waals surface area contributed by atoms with E-state index in [1.807, 2.05) is 146 Å². The van der Waals surface area contributed by atoms with Gasteiger partial charge in [-0.25, -0.2) is 26.8 Å². The number of nitrogens with one attached hydrogen (secondary N) is 2. The lowest BCUT2D eigenvalue weighted by atomic mass is 10.1. The number of allylic oxidation sites excluding steroid dienone is 2. The van der Waals surface area contributed by atoms with E-state index >= 15 is 0 Å². The first kappa shape index (κ1) is 72.2. The second kappa shape index (κ2) is 31.1. The van der Waals surface area contributed by atoms with Gasteiger partial charge in [0, 0.05) is 72.9 Å². The summed E-state index contributed by atoms with van der Waals surface area (Å²) < 4.78 is 86.1. The number of hydrogen-bond acceptors (Lipinski definition) is 14. The molecule has 14 nitrogen and oxygen atoms in total. The first-order chi connectivity index (χ1) is 43.2. The first-order valence-corrected chi connectivity index (χ1v) is 41.4. The molecule has 3 heterocycles. The molecule has 11 rings (SSSR count). The van der Waals surface area contributed by atoms with E-state index in [0.717, 1.165) is 76.1 Å². The Morgan fingerprint density at radius 3 is 1.59 bits per heavy atom. The van der Waals surface area contributed by atoms with Crippen molar-refractivity contribution in [3.05, 3.63) is 237 Å². The van der Waals surface area contributed by atoms with Crippen LogP contribution in [0.2, 0.25) is 10.0 Å². The zero-order valence-electron chi connectivity index (χ0n) is 52.6. The van der Waals surface area contributed by atoms with E-state index in [4.69, 9.17) is 39.7 Å². The molecule has 92 heavy (non-hydrogen) atoms. The standard InChI is InChI=1S/C27H29N2O3PS.C17H16ClN2OP.C9H6ClN2.C9H13NO2S.C8H10BrOP/c1-19(2)34(31,32)27-12-8-7-11-25(27)29-26-18-21(28-24-10-6-5-9-23(24)26)17-20-13-15-22(16-14-20)33(3,4)30;1-22(2,21)13-9-7-12(8-10-13)19-17-11-15(18)14-5-3-4-6-16(14)20-17;10-7-5-9(11)12-8-4-2-1-3-6(7)8;1-7(2)13(11,12)9-6-4-3-5-8(9)10;1-11(2,10)8-5-3-7(9)4-6-8/h5-16,18-19H,17H2,1-4H3,(H,28,29);3-11H,1-2H3,(H,19,20);2-5H,(H2,11,12);3-7H,10H2,1-2H3;3-6H,1-2H3/q;;+1;;. The summed E-state index contributed by atoms with van der Waals surface area (Å²) in [5.41, 5.74) is 18.9. The molecule has 1 aliphatic carbocycles. The van der Waals surface area contributed by atoms with Crippen LogP contribution in [0.1, 0.15) is 50.2 Å². The van der Waals surface area contributed by atoms with Gasteiger partial charge in [0.2, 0.25) is 0 Å². The highest BCUT2D eigenvalue weighted by Crippen LogP contribution is 2.38. The van der Waals surface area contributed by atoms with E-state index in [1.54, 1.807) is 122 Å². The van der Waals surface area contributed by atoms with Crippen molar-refractivity contribution < 1.29 is 30.5 Å². The molecule has 3 aromatic heterocycles. The quantitative estimate of drug-likeness (QED) is 0.0478. The fourth-order valence-electron chi connectivity index (χ4n) is 8.96. The highest BCUT2D eigenvalue weighted by atomic mass is 79.9. The molecule has 478 valence electrons. The summed E-state index contributed by atoms with van der Waals surface area (Å²) in [4.78, 5) is 14.0. The maximum Gasteiger partial charge on any atom is 0.185 e. The minimum Gasteiger partial charge on any atom is -0.398 e. The molecule has 0 amide bonds. The number of nitrogens with zero attached hydrogens (tertiary/aromatic N) is 3. The van der Waals surface area contributed by atoms with Crippen molar-refractivity contribution in [3.8, 4) is 0 Å². The minimum absolute atomic E-state index is 0.227. The fourth-order valence-corrected chi connectivity index (χ4v) is 14.7. The number of hydrogen-bond donors (Lipinski definition) is 4. The highest BCUT2D eigenvalue weighted by Gasteiger charge is 2.24. The Morgan fingerprint density at radius 1 is 0.533 bits per heavy atom. The third-order valence-electron chi connectivity index (χ3n) is 14.1. The number of nitrogens with two attached hydrogens (primary N) is 2. The van der Waals surface area contributed by atoms with Crippen molar-refractivity contribution >= 4 is 164 Å². The Kier molecular flexibility index (Phi) is 24.4. The van der Waals surface area contributed by atoms with E-state index in [-0.39, 0.29) is 9.79 Å². The molecule has 0 saturated heterocycles. The molecule has 0 spiro atoms. The summed E-state index contributed by atoms with van der Waals surface area (Å²) in [5, 5.41) is 11.4. The highest BCUT2D eigenvalue weighted by molar-refractivity contribution is 9.10. The van der Waals surface area contributed by atoms with Crippen LogP contribution in [0.4, 0.5) is 34.4 Å².